The third-order valence-corrected chi connectivity index (χ3v) is 4.90. The molecule has 0 saturated carbocycles. The molecule has 0 atom stereocenters. The molecular formula is C19H20INOSi. The van der Waals surface area contributed by atoms with E-state index in [4.69, 9.17) is 0 Å². The number of benzene rings is 2. The van der Waals surface area contributed by atoms with Crippen LogP contribution in [0.5, 0.6) is 0 Å². The van der Waals surface area contributed by atoms with Crippen LogP contribution in [0.3, 0.4) is 0 Å². The first-order valence-corrected chi connectivity index (χ1v) is 12.1. The van der Waals surface area contributed by atoms with Gasteiger partial charge in [0.25, 0.3) is 5.91 Å². The van der Waals surface area contributed by atoms with E-state index in [1.54, 1.807) is 4.90 Å². The Morgan fingerprint density at radius 1 is 1.04 bits per heavy atom. The van der Waals surface area contributed by atoms with Crippen LogP contribution in [-0.4, -0.2) is 18.9 Å². The van der Waals surface area contributed by atoms with Gasteiger partial charge in [0, 0.05) is 9.61 Å². The highest BCUT2D eigenvalue weighted by Crippen LogP contribution is 2.16. The molecule has 0 saturated heterocycles. The zero-order valence-corrected chi connectivity index (χ0v) is 16.8. The zero-order chi connectivity index (χ0) is 16.9. The maximum Gasteiger partial charge on any atom is 0.266 e. The van der Waals surface area contributed by atoms with Crippen molar-refractivity contribution in [2.45, 2.75) is 26.2 Å². The Kier molecular flexibility index (Phi) is 6.02. The number of rotatable bonds is 3. The van der Waals surface area contributed by atoms with Crippen LogP contribution in [0.25, 0.3) is 0 Å². The third kappa shape index (κ3) is 5.52. The van der Waals surface area contributed by atoms with Crippen LogP contribution in [0.1, 0.15) is 15.9 Å². The summed E-state index contributed by atoms with van der Waals surface area (Å²) in [7, 11) is -1.55. The van der Waals surface area contributed by atoms with Gasteiger partial charge in [0.15, 0.2) is 0 Å². The summed E-state index contributed by atoms with van der Waals surface area (Å²) >= 11 is 2.20. The van der Waals surface area contributed by atoms with Crippen molar-refractivity contribution in [3.05, 3.63) is 69.3 Å². The van der Waals surface area contributed by atoms with Gasteiger partial charge in [-0.2, -0.15) is 0 Å². The number of carbonyl (C=O) groups excluding carboxylic acids is 1. The Bertz CT molecular complexity index is 741. The summed E-state index contributed by atoms with van der Waals surface area (Å²) in [5.74, 6) is -0.0374. The Balaban J connectivity index is 2.34. The molecule has 0 aliphatic heterocycles. The topological polar surface area (TPSA) is 20.3 Å². The fourth-order valence-electron chi connectivity index (χ4n) is 1.94. The number of amides is 1. The lowest BCUT2D eigenvalue weighted by Gasteiger charge is -2.18. The summed E-state index contributed by atoms with van der Waals surface area (Å²) in [6, 6.07) is 20.7. The molecule has 0 heterocycles. The summed E-state index contributed by atoms with van der Waals surface area (Å²) in [5.41, 5.74) is 5.09. The predicted octanol–water partition coefficient (Wildman–Crippen LogP) is 4.77. The summed E-state index contributed by atoms with van der Waals surface area (Å²) < 4.78 is 0.947. The largest absolute Gasteiger partial charge is 0.268 e. The molecule has 0 aromatic heterocycles. The van der Waals surface area contributed by atoms with E-state index in [-0.39, 0.29) is 5.91 Å². The minimum Gasteiger partial charge on any atom is -0.268 e. The quantitative estimate of drug-likeness (QED) is 0.296. The van der Waals surface area contributed by atoms with Gasteiger partial charge in [-0.15, -0.1) is 5.54 Å². The second-order valence-electron chi connectivity index (χ2n) is 6.34. The van der Waals surface area contributed by atoms with Crippen LogP contribution in [-0.2, 0) is 6.54 Å². The third-order valence-electron chi connectivity index (χ3n) is 3.10. The van der Waals surface area contributed by atoms with Gasteiger partial charge in [-0.1, -0.05) is 62.1 Å². The lowest BCUT2D eigenvalue weighted by atomic mass is 10.1. The highest BCUT2D eigenvalue weighted by molar-refractivity contribution is 14.1. The molecule has 0 spiro atoms. The molecule has 2 aromatic rings. The van der Waals surface area contributed by atoms with Crippen molar-refractivity contribution in [2.75, 3.05) is 0 Å². The normalized spacial score (nSPS) is 10.6. The Labute approximate surface area is 153 Å². The van der Waals surface area contributed by atoms with Crippen LogP contribution in [0.4, 0.5) is 0 Å². The van der Waals surface area contributed by atoms with Crippen molar-refractivity contribution in [3.8, 4) is 11.6 Å². The average Bonchev–Trinajstić information content (AvgIpc) is 2.51. The van der Waals surface area contributed by atoms with Gasteiger partial charge < -0.3 is 0 Å². The van der Waals surface area contributed by atoms with Crippen LogP contribution >= 0.6 is 22.6 Å². The molecule has 23 heavy (non-hydrogen) atoms. The van der Waals surface area contributed by atoms with Crippen molar-refractivity contribution >= 4 is 36.6 Å². The molecule has 0 aliphatic rings. The van der Waals surface area contributed by atoms with E-state index >= 15 is 0 Å². The molecule has 0 fully saturated rings. The van der Waals surface area contributed by atoms with Gasteiger partial charge in [-0.05, 0) is 40.3 Å². The van der Waals surface area contributed by atoms with E-state index in [1.807, 2.05) is 54.6 Å². The Morgan fingerprint density at radius 2 is 1.65 bits per heavy atom. The molecule has 2 nitrogen and oxygen atoms in total. The highest BCUT2D eigenvalue weighted by atomic mass is 127. The molecule has 2 rings (SSSR count). The fraction of sp³-hybridized carbons (Fsp3) is 0.211. The number of halogens is 1. The van der Waals surface area contributed by atoms with Crippen molar-refractivity contribution in [1.82, 2.24) is 4.90 Å². The molecule has 2 aromatic carbocycles. The SMILES string of the molecule is C[Si](C)(C)C#CN(Cc1ccccc1)C(=O)c1ccccc1I. The fourth-order valence-corrected chi connectivity index (χ4v) is 3.03. The predicted molar refractivity (Wildman–Crippen MR) is 107 cm³/mol. The van der Waals surface area contributed by atoms with Crippen molar-refractivity contribution in [1.29, 1.82) is 0 Å². The molecule has 0 N–H and O–H groups in total. The summed E-state index contributed by atoms with van der Waals surface area (Å²) in [6.07, 6.45) is 0. The second-order valence-corrected chi connectivity index (χ2v) is 12.3. The maximum atomic E-state index is 12.9. The summed E-state index contributed by atoms with van der Waals surface area (Å²) in [4.78, 5) is 14.6. The number of carbonyl (C=O) groups is 1. The standard InChI is InChI=1S/C19H20INOSi/c1-23(2,3)14-13-21(15-16-9-5-4-6-10-16)19(22)17-11-7-8-12-18(17)20/h4-12H,15H2,1-3H3. The van der Waals surface area contributed by atoms with Crippen molar-refractivity contribution in [2.24, 2.45) is 0 Å². The van der Waals surface area contributed by atoms with E-state index in [1.165, 1.54) is 0 Å². The van der Waals surface area contributed by atoms with Gasteiger partial charge in [-0.3, -0.25) is 9.69 Å². The van der Waals surface area contributed by atoms with E-state index in [0.29, 0.717) is 12.1 Å². The first-order valence-electron chi connectivity index (χ1n) is 7.50. The van der Waals surface area contributed by atoms with E-state index in [9.17, 15) is 4.79 Å². The van der Waals surface area contributed by atoms with Gasteiger partial charge >= 0.3 is 0 Å². The van der Waals surface area contributed by atoms with E-state index < -0.39 is 8.07 Å². The molecule has 0 radical (unpaired) electrons. The minimum atomic E-state index is -1.55. The van der Waals surface area contributed by atoms with Crippen LogP contribution in [0.2, 0.25) is 19.6 Å². The first-order chi connectivity index (χ1) is 10.9. The number of nitrogens with zero attached hydrogens (tertiary/aromatic N) is 1. The number of hydrogen-bond acceptors (Lipinski definition) is 1. The first kappa shape index (κ1) is 17.8. The second kappa shape index (κ2) is 7.80. The lowest BCUT2D eigenvalue weighted by molar-refractivity contribution is 0.0826. The lowest BCUT2D eigenvalue weighted by Crippen LogP contribution is -2.28. The average molecular weight is 433 g/mol. The van der Waals surface area contributed by atoms with Crippen LogP contribution in [0.15, 0.2) is 54.6 Å². The van der Waals surface area contributed by atoms with E-state index in [2.05, 4.69) is 53.8 Å². The molecule has 1 amide bonds. The molecule has 0 aliphatic carbocycles. The number of hydrogen-bond donors (Lipinski definition) is 0. The molecule has 4 heteroatoms. The zero-order valence-electron chi connectivity index (χ0n) is 13.6. The highest BCUT2D eigenvalue weighted by Gasteiger charge is 2.18. The van der Waals surface area contributed by atoms with Gasteiger partial charge in [0.05, 0.1) is 12.1 Å². The molecule has 0 unspecified atom stereocenters. The van der Waals surface area contributed by atoms with Crippen LogP contribution < -0.4 is 0 Å². The molecule has 0 bridgehead atoms. The van der Waals surface area contributed by atoms with Crippen LogP contribution in [0, 0.1) is 15.2 Å². The van der Waals surface area contributed by atoms with E-state index in [0.717, 1.165) is 9.13 Å². The smallest absolute Gasteiger partial charge is 0.266 e. The van der Waals surface area contributed by atoms with Gasteiger partial charge in [-0.25, -0.2) is 0 Å². The molecular weight excluding hydrogens is 413 g/mol. The Hall–Kier alpha value is -1.58. The van der Waals surface area contributed by atoms with Gasteiger partial charge in [0.2, 0.25) is 0 Å². The maximum absolute atomic E-state index is 12.9. The monoisotopic (exact) mass is 433 g/mol. The minimum absolute atomic E-state index is 0.0374. The van der Waals surface area contributed by atoms with Gasteiger partial charge in [0.1, 0.15) is 8.07 Å². The Morgan fingerprint density at radius 3 is 2.26 bits per heavy atom. The van der Waals surface area contributed by atoms with Crippen molar-refractivity contribution in [3.63, 3.8) is 0 Å². The summed E-state index contributed by atoms with van der Waals surface area (Å²) in [5, 5.41) is 0. The van der Waals surface area contributed by atoms with Crippen molar-refractivity contribution < 1.29 is 4.79 Å². The molecule has 118 valence electrons. The summed E-state index contributed by atoms with van der Waals surface area (Å²) in [6.45, 7) is 7.04.